The second kappa shape index (κ2) is 8.24. The van der Waals surface area contributed by atoms with Crippen LogP contribution in [0.25, 0.3) is 0 Å². The van der Waals surface area contributed by atoms with Gasteiger partial charge >= 0.3 is 0 Å². The van der Waals surface area contributed by atoms with Crippen molar-refractivity contribution in [1.29, 1.82) is 0 Å². The maximum atomic E-state index is 13.3. The van der Waals surface area contributed by atoms with E-state index in [4.69, 9.17) is 15.2 Å². The predicted molar refractivity (Wildman–Crippen MR) is 95.6 cm³/mol. The van der Waals surface area contributed by atoms with E-state index < -0.39 is 10.0 Å². The van der Waals surface area contributed by atoms with E-state index in [0.29, 0.717) is 31.9 Å². The zero-order valence-corrected chi connectivity index (χ0v) is 15.5. The van der Waals surface area contributed by atoms with Crippen molar-refractivity contribution in [2.75, 3.05) is 32.8 Å². The highest BCUT2D eigenvalue weighted by Gasteiger charge is 2.36. The Kier molecular flexibility index (Phi) is 6.00. The molecule has 1 saturated heterocycles. The Hall–Kier alpha value is -1.84. The molecule has 2 aliphatic rings. The van der Waals surface area contributed by atoms with Crippen molar-refractivity contribution in [1.82, 2.24) is 9.62 Å². The number of amides is 1. The maximum Gasteiger partial charge on any atom is 0.247 e. The highest BCUT2D eigenvalue weighted by Crippen LogP contribution is 2.38. The van der Waals surface area contributed by atoms with Gasteiger partial charge < -0.3 is 20.5 Å². The second-order valence-electron chi connectivity index (χ2n) is 6.39. The molecule has 0 bridgehead atoms. The number of hydrogen-bond acceptors (Lipinski definition) is 6. The van der Waals surface area contributed by atoms with Crippen molar-refractivity contribution in [2.24, 2.45) is 5.73 Å². The molecule has 3 N–H and O–H groups in total. The van der Waals surface area contributed by atoms with Crippen molar-refractivity contribution in [3.63, 3.8) is 0 Å². The lowest BCUT2D eigenvalue weighted by Crippen LogP contribution is -2.49. The molecule has 3 rings (SSSR count). The molecule has 1 amide bonds. The SMILES string of the molecule is NCCC(=O)NCC1CCCCN1S(=O)(=O)c1cccc2c1OCCO2. The predicted octanol–water partition coefficient (Wildman–Crippen LogP) is 0.466. The Bertz CT molecular complexity index is 753. The summed E-state index contributed by atoms with van der Waals surface area (Å²) in [6.07, 6.45) is 2.65. The lowest BCUT2D eigenvalue weighted by atomic mass is 10.1. The number of para-hydroxylation sites is 1. The molecule has 0 radical (unpaired) electrons. The van der Waals surface area contributed by atoms with Crippen molar-refractivity contribution in [2.45, 2.75) is 36.6 Å². The fourth-order valence-corrected chi connectivity index (χ4v) is 5.16. The van der Waals surface area contributed by atoms with Gasteiger partial charge in [0.1, 0.15) is 18.1 Å². The average Bonchev–Trinajstić information content (AvgIpc) is 2.66. The van der Waals surface area contributed by atoms with Crippen LogP contribution < -0.4 is 20.5 Å². The average molecular weight is 383 g/mol. The van der Waals surface area contributed by atoms with E-state index in [0.717, 1.165) is 12.8 Å². The minimum absolute atomic E-state index is 0.120. The normalized spacial score (nSPS) is 20.6. The number of piperidine rings is 1. The molecule has 26 heavy (non-hydrogen) atoms. The standard InChI is InChI=1S/C17H25N3O5S/c18-8-7-16(21)19-12-13-4-1-2-9-20(13)26(22,23)15-6-3-5-14-17(15)25-11-10-24-14/h3,5-6,13H,1-2,4,7-12,18H2,(H,19,21). The molecule has 9 heteroatoms. The van der Waals surface area contributed by atoms with Crippen molar-refractivity contribution < 1.29 is 22.7 Å². The van der Waals surface area contributed by atoms with Crippen LogP contribution in [0.2, 0.25) is 0 Å². The quantitative estimate of drug-likeness (QED) is 0.739. The number of nitrogens with two attached hydrogens (primary N) is 1. The third-order valence-corrected chi connectivity index (χ3v) is 6.57. The fraction of sp³-hybridized carbons (Fsp3) is 0.588. The number of carbonyl (C=O) groups is 1. The van der Waals surface area contributed by atoms with Gasteiger partial charge in [0.15, 0.2) is 11.5 Å². The summed E-state index contributed by atoms with van der Waals surface area (Å²) >= 11 is 0. The van der Waals surface area contributed by atoms with E-state index in [1.807, 2.05) is 0 Å². The van der Waals surface area contributed by atoms with Crippen LogP contribution in [0.15, 0.2) is 23.1 Å². The first-order valence-electron chi connectivity index (χ1n) is 8.91. The summed E-state index contributed by atoms with van der Waals surface area (Å²) in [6, 6.07) is 4.62. The van der Waals surface area contributed by atoms with Gasteiger partial charge in [-0.25, -0.2) is 8.42 Å². The van der Waals surface area contributed by atoms with Gasteiger partial charge in [-0.05, 0) is 25.0 Å². The minimum Gasteiger partial charge on any atom is -0.486 e. The van der Waals surface area contributed by atoms with Crippen LogP contribution in [-0.2, 0) is 14.8 Å². The third kappa shape index (κ3) is 3.94. The summed E-state index contributed by atoms with van der Waals surface area (Å²) in [5, 5.41) is 2.79. The first-order valence-corrected chi connectivity index (χ1v) is 10.4. The molecule has 1 aromatic carbocycles. The lowest BCUT2D eigenvalue weighted by Gasteiger charge is -2.35. The van der Waals surface area contributed by atoms with Crippen molar-refractivity contribution in [3.05, 3.63) is 18.2 Å². The van der Waals surface area contributed by atoms with Crippen LogP contribution in [0.3, 0.4) is 0 Å². The van der Waals surface area contributed by atoms with E-state index in [1.54, 1.807) is 18.2 Å². The second-order valence-corrected chi connectivity index (χ2v) is 8.25. The van der Waals surface area contributed by atoms with Crippen molar-refractivity contribution >= 4 is 15.9 Å². The molecule has 0 aliphatic carbocycles. The van der Waals surface area contributed by atoms with Crippen LogP contribution in [0.5, 0.6) is 11.5 Å². The summed E-state index contributed by atoms with van der Waals surface area (Å²) in [6.45, 7) is 1.69. The van der Waals surface area contributed by atoms with Gasteiger partial charge in [0.05, 0.1) is 0 Å². The summed E-state index contributed by atoms with van der Waals surface area (Å²) in [7, 11) is -3.76. The zero-order chi connectivity index (χ0) is 18.6. The Balaban J connectivity index is 1.83. The van der Waals surface area contributed by atoms with Gasteiger partial charge in [-0.15, -0.1) is 0 Å². The fourth-order valence-electron chi connectivity index (χ4n) is 3.32. The number of fused-ring (bicyclic) bond motifs is 1. The molecule has 2 heterocycles. The number of sulfonamides is 1. The topological polar surface area (TPSA) is 111 Å². The van der Waals surface area contributed by atoms with Crippen LogP contribution in [0.1, 0.15) is 25.7 Å². The highest BCUT2D eigenvalue weighted by atomic mass is 32.2. The highest BCUT2D eigenvalue weighted by molar-refractivity contribution is 7.89. The third-order valence-electron chi connectivity index (χ3n) is 4.60. The molecule has 0 saturated carbocycles. The number of carbonyl (C=O) groups excluding carboxylic acids is 1. The van der Waals surface area contributed by atoms with Crippen LogP contribution in [0, 0.1) is 0 Å². The van der Waals surface area contributed by atoms with E-state index in [9.17, 15) is 13.2 Å². The molecule has 0 spiro atoms. The van der Waals surface area contributed by atoms with E-state index in [2.05, 4.69) is 5.32 Å². The van der Waals surface area contributed by atoms with Gasteiger partial charge in [0.2, 0.25) is 15.9 Å². The first-order chi connectivity index (χ1) is 12.5. The number of hydrogen-bond donors (Lipinski definition) is 2. The Morgan fingerprint density at radius 3 is 2.88 bits per heavy atom. The Labute approximate surface area is 153 Å². The summed E-state index contributed by atoms with van der Waals surface area (Å²) in [5.74, 6) is 0.557. The van der Waals surface area contributed by atoms with E-state index in [1.165, 1.54) is 4.31 Å². The molecule has 1 unspecified atom stereocenters. The number of nitrogens with zero attached hydrogens (tertiary/aromatic N) is 1. The van der Waals surface area contributed by atoms with Crippen LogP contribution >= 0.6 is 0 Å². The molecule has 1 aromatic rings. The molecule has 8 nitrogen and oxygen atoms in total. The van der Waals surface area contributed by atoms with Crippen LogP contribution in [-0.4, -0.2) is 57.5 Å². The monoisotopic (exact) mass is 383 g/mol. The van der Waals surface area contributed by atoms with Gasteiger partial charge in [0, 0.05) is 32.1 Å². The van der Waals surface area contributed by atoms with E-state index >= 15 is 0 Å². The van der Waals surface area contributed by atoms with Gasteiger partial charge in [0.25, 0.3) is 0 Å². The summed E-state index contributed by atoms with van der Waals surface area (Å²) in [4.78, 5) is 11.8. The summed E-state index contributed by atoms with van der Waals surface area (Å²) in [5.41, 5.74) is 5.38. The van der Waals surface area contributed by atoms with Crippen molar-refractivity contribution in [3.8, 4) is 11.5 Å². The smallest absolute Gasteiger partial charge is 0.247 e. The molecule has 0 aromatic heterocycles. The number of nitrogens with one attached hydrogen (secondary N) is 1. The maximum absolute atomic E-state index is 13.3. The molecule has 1 atom stereocenters. The number of ether oxygens (including phenoxy) is 2. The lowest BCUT2D eigenvalue weighted by molar-refractivity contribution is -0.121. The molecular formula is C17H25N3O5S. The molecule has 2 aliphatic heterocycles. The minimum atomic E-state index is -3.76. The first kappa shape index (κ1) is 18.9. The largest absolute Gasteiger partial charge is 0.486 e. The van der Waals surface area contributed by atoms with Gasteiger partial charge in [-0.3, -0.25) is 4.79 Å². The van der Waals surface area contributed by atoms with Gasteiger partial charge in [-0.1, -0.05) is 12.5 Å². The Morgan fingerprint density at radius 1 is 1.27 bits per heavy atom. The van der Waals surface area contributed by atoms with E-state index in [-0.39, 0.29) is 42.1 Å². The zero-order valence-electron chi connectivity index (χ0n) is 14.6. The van der Waals surface area contributed by atoms with Gasteiger partial charge in [-0.2, -0.15) is 4.31 Å². The number of benzene rings is 1. The molecule has 1 fully saturated rings. The van der Waals surface area contributed by atoms with Crippen LogP contribution in [0.4, 0.5) is 0 Å². The Morgan fingerprint density at radius 2 is 2.08 bits per heavy atom. The number of rotatable bonds is 6. The molecular weight excluding hydrogens is 358 g/mol. The molecule has 144 valence electrons. The summed E-state index contributed by atoms with van der Waals surface area (Å²) < 4.78 is 39.2.